The van der Waals surface area contributed by atoms with Gasteiger partial charge in [0.05, 0.1) is 0 Å². The van der Waals surface area contributed by atoms with Gasteiger partial charge in [-0.15, -0.1) is 5.46 Å². The van der Waals surface area contributed by atoms with Crippen LogP contribution in [0.15, 0.2) is 18.3 Å². The van der Waals surface area contributed by atoms with Gasteiger partial charge in [-0.2, -0.15) is 0 Å². The minimum atomic E-state index is -5.04. The molecule has 0 bridgehead atoms. The normalized spacial score (nSPS) is 15.8. The van der Waals surface area contributed by atoms with E-state index < -0.39 is 24.1 Å². The van der Waals surface area contributed by atoms with Gasteiger partial charge in [0.25, 0.3) is 0 Å². The molecular weight excluding hydrogens is 349 g/mol. The third-order valence-corrected chi connectivity index (χ3v) is 3.40. The van der Waals surface area contributed by atoms with Crippen LogP contribution in [0.1, 0.15) is 20.8 Å². The molecular formula is C14H20BF3KN3O2. The van der Waals surface area contributed by atoms with Crippen molar-refractivity contribution in [2.75, 3.05) is 31.1 Å². The van der Waals surface area contributed by atoms with Crippen LogP contribution in [0.5, 0.6) is 0 Å². The van der Waals surface area contributed by atoms with E-state index >= 15 is 0 Å². The summed E-state index contributed by atoms with van der Waals surface area (Å²) in [5.74, 6) is 0.283. The second-order valence-electron chi connectivity index (χ2n) is 6.48. The zero-order valence-electron chi connectivity index (χ0n) is 14.4. The van der Waals surface area contributed by atoms with Crippen LogP contribution < -0.4 is 61.7 Å². The van der Waals surface area contributed by atoms with Gasteiger partial charge in [0.1, 0.15) is 11.4 Å². The van der Waals surface area contributed by atoms with Gasteiger partial charge in [-0.3, -0.25) is 0 Å². The summed E-state index contributed by atoms with van der Waals surface area (Å²) < 4.78 is 43.7. The molecule has 5 nitrogen and oxygen atoms in total. The number of anilines is 1. The van der Waals surface area contributed by atoms with Crippen LogP contribution in [0.2, 0.25) is 0 Å². The second-order valence-corrected chi connectivity index (χ2v) is 6.48. The first-order chi connectivity index (χ1) is 10.6. The van der Waals surface area contributed by atoms with Crippen LogP contribution in [0, 0.1) is 0 Å². The van der Waals surface area contributed by atoms with Crippen LogP contribution in [0.4, 0.5) is 23.6 Å². The van der Waals surface area contributed by atoms with Gasteiger partial charge in [0, 0.05) is 32.4 Å². The smallest absolute Gasteiger partial charge is 0.445 e. The van der Waals surface area contributed by atoms with Crippen LogP contribution in [-0.2, 0) is 4.74 Å². The summed E-state index contributed by atoms with van der Waals surface area (Å²) in [5.41, 5.74) is -1.23. The quantitative estimate of drug-likeness (QED) is 0.641. The van der Waals surface area contributed by atoms with E-state index in [1.807, 2.05) is 0 Å². The third kappa shape index (κ3) is 6.21. The summed E-state index contributed by atoms with van der Waals surface area (Å²) in [6.45, 7) is 1.93. The Morgan fingerprint density at radius 2 is 1.79 bits per heavy atom. The molecule has 1 aliphatic heterocycles. The van der Waals surface area contributed by atoms with Crippen molar-refractivity contribution in [2.24, 2.45) is 0 Å². The molecule has 1 fully saturated rings. The molecule has 1 aromatic heterocycles. The second kappa shape index (κ2) is 8.39. The van der Waals surface area contributed by atoms with E-state index in [0.29, 0.717) is 26.2 Å². The zero-order valence-corrected chi connectivity index (χ0v) is 17.6. The van der Waals surface area contributed by atoms with Gasteiger partial charge >= 0.3 is 64.5 Å². The maximum absolute atomic E-state index is 12.8. The molecule has 0 radical (unpaired) electrons. The number of hydrogen-bond acceptors (Lipinski definition) is 4. The van der Waals surface area contributed by atoms with Crippen molar-refractivity contribution < 1.29 is 73.9 Å². The summed E-state index contributed by atoms with van der Waals surface area (Å²) in [4.78, 5) is 19.3. The molecule has 0 saturated carbocycles. The number of amides is 1. The fourth-order valence-corrected chi connectivity index (χ4v) is 2.26. The Morgan fingerprint density at radius 3 is 2.29 bits per heavy atom. The van der Waals surface area contributed by atoms with Crippen molar-refractivity contribution in [1.29, 1.82) is 0 Å². The molecule has 2 heterocycles. The Bertz CT molecular complexity index is 573. The molecule has 10 heteroatoms. The summed E-state index contributed by atoms with van der Waals surface area (Å²) in [6, 6.07) is 2.03. The van der Waals surface area contributed by atoms with Crippen LogP contribution >= 0.6 is 0 Å². The SMILES string of the molecule is CC(C)(C)OC(=O)N1CCN(c2cc([B-](F)(F)F)ccn2)CC1.[K+]. The third-order valence-electron chi connectivity index (χ3n) is 3.40. The topological polar surface area (TPSA) is 45.7 Å². The van der Waals surface area contributed by atoms with E-state index in [2.05, 4.69) is 4.98 Å². The van der Waals surface area contributed by atoms with E-state index in [-0.39, 0.29) is 57.2 Å². The Balaban J connectivity index is 0.00000288. The Labute approximate surface area is 182 Å². The number of hydrogen-bond donors (Lipinski definition) is 0. The molecule has 128 valence electrons. The number of carbonyl (C=O) groups is 1. The first-order valence-electron chi connectivity index (χ1n) is 7.45. The standard InChI is InChI=1S/C14H20BF3N3O2.K/c1-14(2,3)23-13(22)21-8-6-20(7-9-21)12-10-11(4-5-19-12)15(16,17)18;/h4-5,10H,6-9H2,1-3H3;/q-1;+1. The van der Waals surface area contributed by atoms with Crippen molar-refractivity contribution in [3.8, 4) is 0 Å². The van der Waals surface area contributed by atoms with Crippen LogP contribution in [0.3, 0.4) is 0 Å². The van der Waals surface area contributed by atoms with Gasteiger partial charge in [-0.1, -0.05) is 6.07 Å². The van der Waals surface area contributed by atoms with E-state index in [9.17, 15) is 17.7 Å². The molecule has 0 spiro atoms. The minimum Gasteiger partial charge on any atom is -0.445 e. The fourth-order valence-electron chi connectivity index (χ4n) is 2.26. The molecule has 0 atom stereocenters. The van der Waals surface area contributed by atoms with Crippen LogP contribution in [0.25, 0.3) is 0 Å². The minimum absolute atomic E-state index is 0. The average Bonchev–Trinajstić information content (AvgIpc) is 2.45. The van der Waals surface area contributed by atoms with Crippen molar-refractivity contribution in [2.45, 2.75) is 26.4 Å². The number of halogens is 3. The van der Waals surface area contributed by atoms with Gasteiger partial charge < -0.3 is 27.5 Å². The van der Waals surface area contributed by atoms with Gasteiger partial charge in [0.2, 0.25) is 0 Å². The molecule has 1 amide bonds. The fraction of sp³-hybridized carbons (Fsp3) is 0.571. The summed E-state index contributed by atoms with van der Waals surface area (Å²) in [7, 11) is 0. The molecule has 1 aromatic rings. The van der Waals surface area contributed by atoms with Gasteiger partial charge in [-0.05, 0) is 26.8 Å². The average molecular weight is 369 g/mol. The summed E-state index contributed by atoms with van der Waals surface area (Å²) in [5, 5.41) is 0. The number of ether oxygens (including phenoxy) is 1. The van der Waals surface area contributed by atoms with Crippen molar-refractivity contribution in [3.05, 3.63) is 18.3 Å². The van der Waals surface area contributed by atoms with Gasteiger partial charge in [-0.25, -0.2) is 9.78 Å². The Hall–Kier alpha value is -0.289. The van der Waals surface area contributed by atoms with E-state index in [4.69, 9.17) is 4.74 Å². The molecule has 0 unspecified atom stereocenters. The Kier molecular flexibility index (Phi) is 7.61. The predicted molar refractivity (Wildman–Crippen MR) is 83.0 cm³/mol. The maximum atomic E-state index is 12.8. The molecule has 2 rings (SSSR count). The van der Waals surface area contributed by atoms with Crippen molar-refractivity contribution in [3.63, 3.8) is 0 Å². The molecule has 1 saturated heterocycles. The van der Waals surface area contributed by atoms with E-state index in [0.717, 1.165) is 12.1 Å². The number of pyridine rings is 1. The van der Waals surface area contributed by atoms with E-state index in [1.165, 1.54) is 6.20 Å². The van der Waals surface area contributed by atoms with Crippen molar-refractivity contribution in [1.82, 2.24) is 9.88 Å². The molecule has 24 heavy (non-hydrogen) atoms. The monoisotopic (exact) mass is 369 g/mol. The molecule has 1 aliphatic rings. The molecule has 0 N–H and O–H groups in total. The first-order valence-corrected chi connectivity index (χ1v) is 7.45. The van der Waals surface area contributed by atoms with Crippen molar-refractivity contribution >= 4 is 24.4 Å². The van der Waals surface area contributed by atoms with Crippen LogP contribution in [-0.4, -0.2) is 54.7 Å². The number of rotatable bonds is 2. The number of piperazine rings is 1. The largest absolute Gasteiger partial charge is 1.00 e. The number of aromatic nitrogens is 1. The predicted octanol–water partition coefficient (Wildman–Crippen LogP) is -0.803. The molecule has 0 aliphatic carbocycles. The number of nitrogens with zero attached hydrogens (tertiary/aromatic N) is 3. The molecule has 0 aromatic carbocycles. The summed E-state index contributed by atoms with van der Waals surface area (Å²) >= 11 is 0. The van der Waals surface area contributed by atoms with Gasteiger partial charge in [0.15, 0.2) is 0 Å². The maximum Gasteiger partial charge on any atom is 1.00 e. The van der Waals surface area contributed by atoms with E-state index in [1.54, 1.807) is 30.6 Å². The Morgan fingerprint density at radius 1 is 1.21 bits per heavy atom. The summed E-state index contributed by atoms with van der Waals surface area (Å²) in [6.07, 6.45) is 0.762. The zero-order chi connectivity index (χ0) is 17.3. The number of carbonyl (C=O) groups excluding carboxylic acids is 1. The first kappa shape index (κ1) is 21.8.